The number of nitrogens with zero attached hydrogens (tertiary/aromatic N) is 1. The predicted molar refractivity (Wildman–Crippen MR) is 62.9 cm³/mol. The molecule has 1 aromatic rings. The van der Waals surface area contributed by atoms with E-state index in [0.29, 0.717) is 11.5 Å². The van der Waals surface area contributed by atoms with Gasteiger partial charge < -0.3 is 10.0 Å². The Morgan fingerprint density at radius 3 is 2.81 bits per heavy atom. The number of benzene rings is 1. The SMILES string of the molecule is CC(CN1CCC1)c1cccc(C(=O)O)c1. The third-order valence-corrected chi connectivity index (χ3v) is 3.18. The van der Waals surface area contributed by atoms with Gasteiger partial charge in [0.2, 0.25) is 0 Å². The number of carbonyl (C=O) groups is 1. The molecule has 16 heavy (non-hydrogen) atoms. The molecule has 1 unspecified atom stereocenters. The Morgan fingerprint density at radius 1 is 1.50 bits per heavy atom. The summed E-state index contributed by atoms with van der Waals surface area (Å²) in [5.41, 5.74) is 1.50. The summed E-state index contributed by atoms with van der Waals surface area (Å²) in [6, 6.07) is 7.26. The molecule has 1 N–H and O–H groups in total. The molecule has 1 aliphatic rings. The van der Waals surface area contributed by atoms with Crippen molar-refractivity contribution in [2.45, 2.75) is 19.3 Å². The molecule has 0 amide bonds. The van der Waals surface area contributed by atoms with Gasteiger partial charge in [-0.15, -0.1) is 0 Å². The second-order valence-corrected chi connectivity index (χ2v) is 4.49. The number of hydrogen-bond acceptors (Lipinski definition) is 2. The lowest BCUT2D eigenvalue weighted by Gasteiger charge is -2.33. The normalized spacial score (nSPS) is 17.8. The number of carboxylic acid groups (broad SMARTS) is 1. The lowest BCUT2D eigenvalue weighted by atomic mass is 9.97. The van der Waals surface area contributed by atoms with Crippen LogP contribution in [0, 0.1) is 0 Å². The Labute approximate surface area is 95.7 Å². The number of hydrogen-bond donors (Lipinski definition) is 1. The number of rotatable bonds is 4. The van der Waals surface area contributed by atoms with Crippen molar-refractivity contribution in [1.29, 1.82) is 0 Å². The first kappa shape index (κ1) is 11.1. The van der Waals surface area contributed by atoms with Crippen LogP contribution in [-0.2, 0) is 0 Å². The molecule has 1 saturated heterocycles. The standard InChI is InChI=1S/C13H17NO2/c1-10(9-14-6-3-7-14)11-4-2-5-12(8-11)13(15)16/h2,4-5,8,10H,3,6-7,9H2,1H3,(H,15,16). The first-order valence-electron chi connectivity index (χ1n) is 5.72. The highest BCUT2D eigenvalue weighted by atomic mass is 16.4. The molecular formula is C13H17NO2. The van der Waals surface area contributed by atoms with E-state index in [1.807, 2.05) is 12.1 Å². The van der Waals surface area contributed by atoms with E-state index >= 15 is 0 Å². The third kappa shape index (κ3) is 2.42. The molecule has 0 aromatic heterocycles. The van der Waals surface area contributed by atoms with E-state index in [0.717, 1.165) is 12.1 Å². The van der Waals surface area contributed by atoms with Gasteiger partial charge in [0.1, 0.15) is 0 Å². The summed E-state index contributed by atoms with van der Waals surface area (Å²) in [6.07, 6.45) is 1.29. The summed E-state index contributed by atoms with van der Waals surface area (Å²) < 4.78 is 0. The molecule has 3 nitrogen and oxygen atoms in total. The fourth-order valence-electron chi connectivity index (χ4n) is 2.04. The van der Waals surface area contributed by atoms with Gasteiger partial charge in [-0.1, -0.05) is 19.1 Å². The molecule has 2 rings (SSSR count). The van der Waals surface area contributed by atoms with Crippen LogP contribution in [0.15, 0.2) is 24.3 Å². The van der Waals surface area contributed by atoms with E-state index in [2.05, 4.69) is 11.8 Å². The molecule has 1 aromatic carbocycles. The Kier molecular flexibility index (Phi) is 3.25. The zero-order chi connectivity index (χ0) is 11.5. The Hall–Kier alpha value is -1.35. The van der Waals surface area contributed by atoms with Crippen LogP contribution >= 0.6 is 0 Å². The van der Waals surface area contributed by atoms with Crippen LogP contribution < -0.4 is 0 Å². The molecule has 0 aliphatic carbocycles. The summed E-state index contributed by atoms with van der Waals surface area (Å²) in [5.74, 6) is -0.447. The second kappa shape index (κ2) is 4.66. The minimum absolute atomic E-state index is 0.382. The third-order valence-electron chi connectivity index (χ3n) is 3.18. The zero-order valence-corrected chi connectivity index (χ0v) is 9.52. The van der Waals surface area contributed by atoms with Crippen LogP contribution in [0.5, 0.6) is 0 Å². The lowest BCUT2D eigenvalue weighted by Crippen LogP contribution is -2.39. The van der Waals surface area contributed by atoms with E-state index in [9.17, 15) is 4.79 Å². The van der Waals surface area contributed by atoms with Crippen molar-refractivity contribution in [3.63, 3.8) is 0 Å². The molecule has 86 valence electrons. The Balaban J connectivity index is 2.06. The van der Waals surface area contributed by atoms with Crippen LogP contribution in [0.3, 0.4) is 0 Å². The van der Waals surface area contributed by atoms with E-state index in [4.69, 9.17) is 5.11 Å². The summed E-state index contributed by atoms with van der Waals surface area (Å²) in [6.45, 7) is 5.55. The Bertz CT molecular complexity index is 385. The second-order valence-electron chi connectivity index (χ2n) is 4.49. The quantitative estimate of drug-likeness (QED) is 0.844. The van der Waals surface area contributed by atoms with Crippen molar-refractivity contribution in [1.82, 2.24) is 4.90 Å². The minimum atomic E-state index is -0.849. The van der Waals surface area contributed by atoms with Crippen LogP contribution in [-0.4, -0.2) is 35.6 Å². The van der Waals surface area contributed by atoms with Crippen LogP contribution in [0.2, 0.25) is 0 Å². The Morgan fingerprint density at radius 2 is 2.25 bits per heavy atom. The molecule has 0 saturated carbocycles. The molecule has 1 fully saturated rings. The van der Waals surface area contributed by atoms with Crippen molar-refractivity contribution >= 4 is 5.97 Å². The maximum Gasteiger partial charge on any atom is 0.335 e. The highest BCUT2D eigenvalue weighted by Crippen LogP contribution is 2.20. The highest BCUT2D eigenvalue weighted by molar-refractivity contribution is 5.87. The van der Waals surface area contributed by atoms with Gasteiger partial charge in [-0.05, 0) is 43.1 Å². The van der Waals surface area contributed by atoms with Crippen molar-refractivity contribution in [3.05, 3.63) is 35.4 Å². The van der Waals surface area contributed by atoms with Gasteiger partial charge in [0.25, 0.3) is 0 Å². The number of carboxylic acids is 1. The van der Waals surface area contributed by atoms with E-state index < -0.39 is 5.97 Å². The fourth-order valence-corrected chi connectivity index (χ4v) is 2.04. The van der Waals surface area contributed by atoms with Gasteiger partial charge in [0, 0.05) is 6.54 Å². The van der Waals surface area contributed by atoms with Gasteiger partial charge in [0.15, 0.2) is 0 Å². The first-order chi connectivity index (χ1) is 7.66. The zero-order valence-electron chi connectivity index (χ0n) is 9.52. The average Bonchev–Trinajstić information content (AvgIpc) is 2.23. The van der Waals surface area contributed by atoms with Gasteiger partial charge in [-0.25, -0.2) is 4.79 Å². The van der Waals surface area contributed by atoms with Gasteiger partial charge >= 0.3 is 5.97 Å². The summed E-state index contributed by atoms with van der Waals surface area (Å²) >= 11 is 0. The van der Waals surface area contributed by atoms with Gasteiger partial charge in [0.05, 0.1) is 5.56 Å². The fraction of sp³-hybridized carbons (Fsp3) is 0.462. The largest absolute Gasteiger partial charge is 0.478 e. The van der Waals surface area contributed by atoms with Crippen molar-refractivity contribution in [2.75, 3.05) is 19.6 Å². The molecule has 1 heterocycles. The van der Waals surface area contributed by atoms with E-state index in [1.165, 1.54) is 19.5 Å². The molecule has 1 aliphatic heterocycles. The van der Waals surface area contributed by atoms with Gasteiger partial charge in [-0.3, -0.25) is 0 Å². The first-order valence-corrected chi connectivity index (χ1v) is 5.72. The molecule has 0 bridgehead atoms. The average molecular weight is 219 g/mol. The van der Waals surface area contributed by atoms with Crippen molar-refractivity contribution in [2.24, 2.45) is 0 Å². The van der Waals surface area contributed by atoms with Gasteiger partial charge in [-0.2, -0.15) is 0 Å². The molecule has 0 radical (unpaired) electrons. The maximum absolute atomic E-state index is 10.9. The summed E-state index contributed by atoms with van der Waals surface area (Å²) in [4.78, 5) is 13.3. The smallest absolute Gasteiger partial charge is 0.335 e. The van der Waals surface area contributed by atoms with Crippen molar-refractivity contribution in [3.8, 4) is 0 Å². The number of aromatic carboxylic acids is 1. The predicted octanol–water partition coefficient (Wildman–Crippen LogP) is 2.19. The maximum atomic E-state index is 10.9. The summed E-state index contributed by atoms with van der Waals surface area (Å²) in [7, 11) is 0. The molecular weight excluding hydrogens is 202 g/mol. The molecule has 1 atom stereocenters. The monoisotopic (exact) mass is 219 g/mol. The number of likely N-dealkylation sites (tertiary alicyclic amines) is 1. The van der Waals surface area contributed by atoms with E-state index in [-0.39, 0.29) is 0 Å². The van der Waals surface area contributed by atoms with Crippen LogP contribution in [0.1, 0.15) is 35.2 Å². The molecule has 3 heteroatoms. The molecule has 0 spiro atoms. The van der Waals surface area contributed by atoms with Crippen molar-refractivity contribution < 1.29 is 9.90 Å². The van der Waals surface area contributed by atoms with E-state index in [1.54, 1.807) is 12.1 Å². The van der Waals surface area contributed by atoms with Crippen LogP contribution in [0.4, 0.5) is 0 Å². The van der Waals surface area contributed by atoms with Crippen LogP contribution in [0.25, 0.3) is 0 Å². The lowest BCUT2D eigenvalue weighted by molar-refractivity contribution is 0.0696. The summed E-state index contributed by atoms with van der Waals surface area (Å²) in [5, 5.41) is 8.92. The minimum Gasteiger partial charge on any atom is -0.478 e. The highest BCUT2D eigenvalue weighted by Gasteiger charge is 2.17. The topological polar surface area (TPSA) is 40.5 Å².